The average Bonchev–Trinajstić information content (AvgIpc) is 2.86. The first kappa shape index (κ1) is 14.2. The molecule has 0 aliphatic heterocycles. The smallest absolute Gasteiger partial charge is 0.0897 e. The summed E-state index contributed by atoms with van der Waals surface area (Å²) in [5, 5.41) is 6.75. The number of hydrogen-bond acceptors (Lipinski definition) is 4. The fourth-order valence-electron chi connectivity index (χ4n) is 2.08. The number of nitrogens with one attached hydrogen (secondary N) is 1. The van der Waals surface area contributed by atoms with E-state index in [1.54, 1.807) is 11.3 Å². The van der Waals surface area contributed by atoms with Crippen molar-refractivity contribution in [2.75, 3.05) is 19.6 Å². The maximum Gasteiger partial charge on any atom is 0.0897 e. The molecule has 102 valence electrons. The standard InChI is InChI=1S/C15H21N3S/c1-12-18-15(11-19-12)7-8-17-10-14(9-16)13-5-3-2-4-6-13/h2-6,11,14,17H,7-10,16H2,1H3. The second-order valence-electron chi connectivity index (χ2n) is 4.66. The molecule has 1 aromatic carbocycles. The Labute approximate surface area is 118 Å². The van der Waals surface area contributed by atoms with E-state index < -0.39 is 0 Å². The van der Waals surface area contributed by atoms with Gasteiger partial charge in [0.1, 0.15) is 0 Å². The molecule has 0 spiro atoms. The Hall–Kier alpha value is -1.23. The highest BCUT2D eigenvalue weighted by Gasteiger charge is 2.08. The van der Waals surface area contributed by atoms with Crippen molar-refractivity contribution in [3.05, 3.63) is 52.0 Å². The van der Waals surface area contributed by atoms with Crippen LogP contribution < -0.4 is 11.1 Å². The van der Waals surface area contributed by atoms with Crippen LogP contribution >= 0.6 is 11.3 Å². The van der Waals surface area contributed by atoms with Gasteiger partial charge < -0.3 is 11.1 Å². The van der Waals surface area contributed by atoms with Gasteiger partial charge in [0.15, 0.2) is 0 Å². The fourth-order valence-corrected chi connectivity index (χ4v) is 2.73. The van der Waals surface area contributed by atoms with Gasteiger partial charge in [-0.3, -0.25) is 0 Å². The van der Waals surface area contributed by atoms with Crippen LogP contribution in [0.15, 0.2) is 35.7 Å². The van der Waals surface area contributed by atoms with Crippen molar-refractivity contribution in [2.24, 2.45) is 5.73 Å². The van der Waals surface area contributed by atoms with Crippen molar-refractivity contribution >= 4 is 11.3 Å². The maximum absolute atomic E-state index is 5.85. The monoisotopic (exact) mass is 275 g/mol. The zero-order valence-electron chi connectivity index (χ0n) is 11.3. The number of nitrogens with zero attached hydrogens (tertiary/aromatic N) is 1. The van der Waals surface area contributed by atoms with Crippen LogP contribution in [-0.2, 0) is 6.42 Å². The molecule has 0 saturated carbocycles. The number of aromatic nitrogens is 1. The number of aryl methyl sites for hydroxylation is 1. The molecule has 1 aromatic heterocycles. The van der Waals surface area contributed by atoms with Crippen LogP contribution in [0.5, 0.6) is 0 Å². The molecule has 0 aliphatic rings. The van der Waals surface area contributed by atoms with Crippen molar-refractivity contribution in [2.45, 2.75) is 19.3 Å². The van der Waals surface area contributed by atoms with Gasteiger partial charge >= 0.3 is 0 Å². The minimum absolute atomic E-state index is 0.387. The zero-order chi connectivity index (χ0) is 13.5. The van der Waals surface area contributed by atoms with Gasteiger partial charge in [-0.25, -0.2) is 4.98 Å². The summed E-state index contributed by atoms with van der Waals surface area (Å²) in [5.74, 6) is 0.387. The molecule has 0 bridgehead atoms. The normalized spacial score (nSPS) is 12.5. The summed E-state index contributed by atoms with van der Waals surface area (Å²) in [6.07, 6.45) is 0.983. The molecule has 1 unspecified atom stereocenters. The Balaban J connectivity index is 1.75. The lowest BCUT2D eigenvalue weighted by Gasteiger charge is -2.15. The van der Waals surface area contributed by atoms with Crippen LogP contribution in [0.4, 0.5) is 0 Å². The van der Waals surface area contributed by atoms with E-state index in [0.717, 1.165) is 24.5 Å². The first-order valence-corrected chi connectivity index (χ1v) is 7.54. The highest BCUT2D eigenvalue weighted by Crippen LogP contribution is 2.13. The quantitative estimate of drug-likeness (QED) is 0.763. The molecule has 3 N–H and O–H groups in total. The molecule has 4 heteroatoms. The van der Waals surface area contributed by atoms with E-state index in [0.29, 0.717) is 12.5 Å². The number of benzene rings is 1. The molecule has 0 fully saturated rings. The Morgan fingerprint density at radius 2 is 2.11 bits per heavy atom. The first-order valence-electron chi connectivity index (χ1n) is 6.66. The predicted molar refractivity (Wildman–Crippen MR) is 81.7 cm³/mol. The van der Waals surface area contributed by atoms with E-state index in [4.69, 9.17) is 5.73 Å². The summed E-state index contributed by atoms with van der Waals surface area (Å²) < 4.78 is 0. The summed E-state index contributed by atoms with van der Waals surface area (Å²) in [6.45, 7) is 4.59. The third kappa shape index (κ3) is 4.42. The average molecular weight is 275 g/mol. The Bertz CT molecular complexity index is 481. The van der Waals surface area contributed by atoms with E-state index >= 15 is 0 Å². The largest absolute Gasteiger partial charge is 0.330 e. The number of rotatable bonds is 7. The van der Waals surface area contributed by atoms with E-state index in [-0.39, 0.29) is 0 Å². The molecule has 0 aliphatic carbocycles. The second kappa shape index (κ2) is 7.38. The lowest BCUT2D eigenvalue weighted by Crippen LogP contribution is -2.28. The van der Waals surface area contributed by atoms with E-state index in [1.165, 1.54) is 11.3 Å². The minimum Gasteiger partial charge on any atom is -0.330 e. The van der Waals surface area contributed by atoms with Crippen LogP contribution in [-0.4, -0.2) is 24.6 Å². The van der Waals surface area contributed by atoms with Crippen LogP contribution in [0, 0.1) is 6.92 Å². The molecule has 19 heavy (non-hydrogen) atoms. The van der Waals surface area contributed by atoms with Gasteiger partial charge in [-0.15, -0.1) is 11.3 Å². The van der Waals surface area contributed by atoms with Crippen molar-refractivity contribution < 1.29 is 0 Å². The number of hydrogen-bond donors (Lipinski definition) is 2. The molecule has 3 nitrogen and oxygen atoms in total. The number of thiazole rings is 1. The highest BCUT2D eigenvalue weighted by molar-refractivity contribution is 7.09. The summed E-state index contributed by atoms with van der Waals surface area (Å²) in [6, 6.07) is 10.5. The van der Waals surface area contributed by atoms with Gasteiger partial charge in [-0.05, 0) is 12.5 Å². The zero-order valence-corrected chi connectivity index (χ0v) is 12.1. The summed E-state index contributed by atoms with van der Waals surface area (Å²) in [5.41, 5.74) is 8.34. The summed E-state index contributed by atoms with van der Waals surface area (Å²) >= 11 is 1.71. The van der Waals surface area contributed by atoms with Crippen LogP contribution in [0.3, 0.4) is 0 Å². The molecule has 0 saturated heterocycles. The van der Waals surface area contributed by atoms with E-state index in [2.05, 4.69) is 39.9 Å². The van der Waals surface area contributed by atoms with Gasteiger partial charge in [0.2, 0.25) is 0 Å². The molecule has 2 aromatic rings. The Morgan fingerprint density at radius 3 is 2.74 bits per heavy atom. The van der Waals surface area contributed by atoms with Crippen LogP contribution in [0.25, 0.3) is 0 Å². The van der Waals surface area contributed by atoms with Crippen molar-refractivity contribution in [1.82, 2.24) is 10.3 Å². The minimum atomic E-state index is 0.387. The lowest BCUT2D eigenvalue weighted by atomic mass is 9.99. The van der Waals surface area contributed by atoms with Crippen LogP contribution in [0.2, 0.25) is 0 Å². The molecule has 1 heterocycles. The third-order valence-corrected chi connectivity index (χ3v) is 3.99. The number of nitrogens with two attached hydrogens (primary N) is 1. The van der Waals surface area contributed by atoms with Crippen molar-refractivity contribution in [3.8, 4) is 0 Å². The van der Waals surface area contributed by atoms with Gasteiger partial charge in [-0.1, -0.05) is 30.3 Å². The van der Waals surface area contributed by atoms with E-state index in [1.807, 2.05) is 13.0 Å². The molecule has 2 rings (SSSR count). The summed E-state index contributed by atoms with van der Waals surface area (Å²) in [7, 11) is 0. The van der Waals surface area contributed by atoms with Gasteiger partial charge in [0.05, 0.1) is 10.7 Å². The molecular formula is C15H21N3S. The fraction of sp³-hybridized carbons (Fsp3) is 0.400. The Morgan fingerprint density at radius 1 is 1.32 bits per heavy atom. The topological polar surface area (TPSA) is 50.9 Å². The molecular weight excluding hydrogens is 254 g/mol. The molecule has 0 radical (unpaired) electrons. The van der Waals surface area contributed by atoms with Gasteiger partial charge in [0.25, 0.3) is 0 Å². The van der Waals surface area contributed by atoms with E-state index in [9.17, 15) is 0 Å². The predicted octanol–water partition coefficient (Wildman–Crippen LogP) is 2.33. The SMILES string of the molecule is Cc1nc(CCNCC(CN)c2ccccc2)cs1. The Kier molecular flexibility index (Phi) is 5.51. The maximum atomic E-state index is 5.85. The van der Waals surface area contributed by atoms with Crippen molar-refractivity contribution in [1.29, 1.82) is 0 Å². The third-order valence-electron chi connectivity index (χ3n) is 3.17. The second-order valence-corrected chi connectivity index (χ2v) is 5.72. The first-order chi connectivity index (χ1) is 9.29. The van der Waals surface area contributed by atoms with Gasteiger partial charge in [-0.2, -0.15) is 0 Å². The van der Waals surface area contributed by atoms with Crippen LogP contribution in [0.1, 0.15) is 22.2 Å². The van der Waals surface area contributed by atoms with Gasteiger partial charge in [0, 0.05) is 37.4 Å². The highest BCUT2D eigenvalue weighted by atomic mass is 32.1. The molecule has 1 atom stereocenters. The van der Waals surface area contributed by atoms with Crippen molar-refractivity contribution in [3.63, 3.8) is 0 Å². The lowest BCUT2D eigenvalue weighted by molar-refractivity contribution is 0.588. The molecule has 0 amide bonds. The summed E-state index contributed by atoms with van der Waals surface area (Å²) in [4.78, 5) is 4.46.